The highest BCUT2D eigenvalue weighted by molar-refractivity contribution is 6.22. The molecule has 2 heterocycles. The molecule has 0 saturated carbocycles. The Hall–Kier alpha value is -5.09. The van der Waals surface area contributed by atoms with Crippen molar-refractivity contribution < 1.29 is 19.4 Å². The van der Waals surface area contributed by atoms with E-state index in [9.17, 15) is 14.7 Å². The molecule has 10 heteroatoms. The number of methoxy groups -OCH3 is 1. The minimum absolute atomic E-state index is 0.0434. The number of benzene rings is 3. The van der Waals surface area contributed by atoms with Crippen molar-refractivity contribution in [2.45, 2.75) is 6.92 Å². The summed E-state index contributed by atoms with van der Waals surface area (Å²) in [7, 11) is 5.25. The number of amides is 1. The number of likely N-dealkylation sites (N-methyl/N-ethyl adjacent to an activating group) is 1. The first-order chi connectivity index (χ1) is 19.7. The van der Waals surface area contributed by atoms with Crippen molar-refractivity contribution in [3.63, 3.8) is 0 Å². The molecular weight excluding hydrogens is 520 g/mol. The molecule has 3 aromatic carbocycles. The van der Waals surface area contributed by atoms with Crippen LogP contribution in [0.15, 0.2) is 78.0 Å². The summed E-state index contributed by atoms with van der Waals surface area (Å²) in [4.78, 5) is 36.1. The Labute approximate surface area is 236 Å². The zero-order valence-electron chi connectivity index (χ0n) is 23.3. The molecule has 0 unspecified atom stereocenters. The zero-order chi connectivity index (χ0) is 29.1. The predicted octanol–water partition coefficient (Wildman–Crippen LogP) is 4.69. The largest absolute Gasteiger partial charge is 0.494 e. The third kappa shape index (κ3) is 5.78. The molecule has 0 aliphatic rings. The lowest BCUT2D eigenvalue weighted by atomic mass is 9.98. The van der Waals surface area contributed by atoms with Gasteiger partial charge in [0.05, 0.1) is 42.0 Å². The van der Waals surface area contributed by atoms with Gasteiger partial charge in [-0.05, 0) is 56.6 Å². The molecule has 0 aliphatic heterocycles. The van der Waals surface area contributed by atoms with Crippen LogP contribution in [0.4, 0.5) is 11.4 Å². The predicted molar refractivity (Wildman–Crippen MR) is 159 cm³/mol. The zero-order valence-corrected chi connectivity index (χ0v) is 23.3. The van der Waals surface area contributed by atoms with Crippen molar-refractivity contribution in [1.82, 2.24) is 20.1 Å². The molecule has 0 aliphatic carbocycles. The van der Waals surface area contributed by atoms with Gasteiger partial charge in [-0.2, -0.15) is 10.2 Å². The van der Waals surface area contributed by atoms with Crippen molar-refractivity contribution in [3.05, 3.63) is 89.7 Å². The normalized spacial score (nSPS) is 11.8. The van der Waals surface area contributed by atoms with Crippen LogP contribution in [0, 0.1) is 0 Å². The Balaban J connectivity index is 1.63. The molecule has 1 amide bonds. The van der Waals surface area contributed by atoms with Crippen LogP contribution in [-0.2, 0) is 9.53 Å². The number of hydrogen-bond acceptors (Lipinski definition) is 8. The Bertz CT molecular complexity index is 1780. The molecule has 0 atom stereocenters. The first-order valence-electron chi connectivity index (χ1n) is 13.0. The van der Waals surface area contributed by atoms with E-state index < -0.39 is 5.97 Å². The Morgan fingerprint density at radius 1 is 0.927 bits per heavy atom. The highest BCUT2D eigenvalue weighted by Gasteiger charge is 2.21. The number of ether oxygens (including phenoxy) is 1. The number of esters is 1. The number of carbonyl (C=O) groups excluding carboxylic acids is 2. The number of fused-ring (bicyclic) bond motifs is 2. The highest BCUT2D eigenvalue weighted by Crippen LogP contribution is 2.33. The van der Waals surface area contributed by atoms with Crippen LogP contribution in [0.25, 0.3) is 21.7 Å². The summed E-state index contributed by atoms with van der Waals surface area (Å²) in [5.74, 6) is -0.604. The highest BCUT2D eigenvalue weighted by atomic mass is 16.5. The number of aromatic amines is 1. The average molecular weight is 551 g/mol. The summed E-state index contributed by atoms with van der Waals surface area (Å²) in [6, 6.07) is 18.2. The Kier molecular flexibility index (Phi) is 7.75. The fourth-order valence-corrected chi connectivity index (χ4v) is 4.68. The fraction of sp³-hybridized carbons (Fsp3) is 0.194. The first-order valence-corrected chi connectivity index (χ1v) is 13.0. The fourth-order valence-electron chi connectivity index (χ4n) is 4.68. The quantitative estimate of drug-likeness (QED) is 0.212. The summed E-state index contributed by atoms with van der Waals surface area (Å²) >= 11 is 0. The smallest absolute Gasteiger partial charge is 0.337 e. The van der Waals surface area contributed by atoms with Crippen LogP contribution in [0.1, 0.15) is 28.4 Å². The summed E-state index contributed by atoms with van der Waals surface area (Å²) in [6.45, 7) is 2.84. The van der Waals surface area contributed by atoms with Crippen LogP contribution in [-0.4, -0.2) is 77.1 Å². The van der Waals surface area contributed by atoms with Crippen molar-refractivity contribution in [1.29, 1.82) is 0 Å². The molecule has 0 radical (unpaired) electrons. The number of nitrogens with zero attached hydrogens (tertiary/aromatic N) is 5. The molecular formula is C31H30N6O4. The van der Waals surface area contributed by atoms with Crippen molar-refractivity contribution in [2.75, 3.05) is 39.2 Å². The molecule has 0 saturated heterocycles. The van der Waals surface area contributed by atoms with Crippen molar-refractivity contribution in [3.8, 4) is 5.88 Å². The van der Waals surface area contributed by atoms with E-state index in [4.69, 9.17) is 9.73 Å². The average Bonchev–Trinajstić information content (AvgIpc) is 3.30. The summed E-state index contributed by atoms with van der Waals surface area (Å²) in [5.41, 5.74) is 4.07. The maximum atomic E-state index is 12.3. The van der Waals surface area contributed by atoms with Gasteiger partial charge in [0.25, 0.3) is 0 Å². The van der Waals surface area contributed by atoms with Gasteiger partial charge < -0.3 is 24.6 Å². The van der Waals surface area contributed by atoms with Crippen LogP contribution in [0.5, 0.6) is 5.88 Å². The minimum atomic E-state index is -0.475. The molecule has 0 bridgehead atoms. The van der Waals surface area contributed by atoms with Crippen LogP contribution < -0.4 is 4.90 Å². The molecule has 0 fully saturated rings. The van der Waals surface area contributed by atoms with Gasteiger partial charge in [-0.3, -0.25) is 4.79 Å². The van der Waals surface area contributed by atoms with Crippen LogP contribution in [0.3, 0.4) is 0 Å². The minimum Gasteiger partial charge on any atom is -0.494 e. The van der Waals surface area contributed by atoms with E-state index in [1.54, 1.807) is 42.4 Å². The SMILES string of the molecule is COC(=O)c1ccc2c(C(=Nc3ccc(N(CCN(C)C)C(C)=O)cc3)c3ccc4cnncc4c3)c(O)[nH]c2c1. The van der Waals surface area contributed by atoms with Gasteiger partial charge in [0.1, 0.15) is 0 Å². The molecule has 0 spiro atoms. The van der Waals surface area contributed by atoms with E-state index in [1.807, 2.05) is 61.5 Å². The molecule has 5 rings (SSSR count). The molecule has 41 heavy (non-hydrogen) atoms. The number of H-pyrrole nitrogens is 1. The number of nitrogens with one attached hydrogen (secondary N) is 1. The summed E-state index contributed by atoms with van der Waals surface area (Å²) in [5, 5.41) is 21.5. The van der Waals surface area contributed by atoms with Gasteiger partial charge >= 0.3 is 5.97 Å². The third-order valence-corrected chi connectivity index (χ3v) is 6.81. The van der Waals surface area contributed by atoms with Crippen molar-refractivity contribution >= 4 is 50.6 Å². The van der Waals surface area contributed by atoms with Gasteiger partial charge in [0, 0.05) is 52.9 Å². The Morgan fingerprint density at radius 2 is 1.63 bits per heavy atom. The summed E-state index contributed by atoms with van der Waals surface area (Å²) < 4.78 is 4.85. The molecule has 2 N–H and O–H groups in total. The van der Waals surface area contributed by atoms with E-state index in [2.05, 4.69) is 15.2 Å². The van der Waals surface area contributed by atoms with Gasteiger partial charge in [-0.1, -0.05) is 18.2 Å². The number of aromatic nitrogens is 3. The van der Waals surface area contributed by atoms with Gasteiger partial charge in [0.2, 0.25) is 5.91 Å². The number of aromatic hydroxyl groups is 1. The first kappa shape index (κ1) is 27.5. The summed E-state index contributed by atoms with van der Waals surface area (Å²) in [6.07, 6.45) is 3.36. The van der Waals surface area contributed by atoms with E-state index >= 15 is 0 Å². The second-order valence-electron chi connectivity index (χ2n) is 9.88. The maximum Gasteiger partial charge on any atom is 0.337 e. The van der Waals surface area contributed by atoms with Gasteiger partial charge in [-0.25, -0.2) is 9.79 Å². The van der Waals surface area contributed by atoms with E-state index in [-0.39, 0.29) is 11.8 Å². The lowest BCUT2D eigenvalue weighted by Gasteiger charge is -2.23. The van der Waals surface area contributed by atoms with Crippen molar-refractivity contribution in [2.24, 2.45) is 4.99 Å². The second-order valence-corrected chi connectivity index (χ2v) is 9.88. The maximum absolute atomic E-state index is 12.3. The van der Waals surface area contributed by atoms with Crippen LogP contribution >= 0.6 is 0 Å². The second kappa shape index (κ2) is 11.6. The van der Waals surface area contributed by atoms with E-state index in [0.29, 0.717) is 40.0 Å². The molecule has 2 aromatic heterocycles. The van der Waals surface area contributed by atoms with Crippen LogP contribution in [0.2, 0.25) is 0 Å². The lowest BCUT2D eigenvalue weighted by molar-refractivity contribution is -0.116. The van der Waals surface area contributed by atoms with E-state index in [0.717, 1.165) is 28.6 Å². The lowest BCUT2D eigenvalue weighted by Crippen LogP contribution is -2.35. The van der Waals surface area contributed by atoms with E-state index in [1.165, 1.54) is 7.11 Å². The monoisotopic (exact) mass is 550 g/mol. The van der Waals surface area contributed by atoms with Gasteiger partial charge in [0.15, 0.2) is 5.88 Å². The number of aliphatic imine (C=N–C) groups is 1. The standard InChI is InChI=1S/C31H30N6O4/c1-19(38)37(14-13-36(2)3)25-10-8-24(9-11-25)34-29(20-5-6-22-17-32-33-18-23(22)15-20)28-26-12-7-21(31(40)41-4)16-27(26)35-30(28)39/h5-12,15-18,35,39H,13-14H2,1-4H3. The number of anilines is 1. The number of rotatable bonds is 8. The topological polar surface area (TPSA) is 124 Å². The number of hydrogen-bond donors (Lipinski definition) is 2. The number of carbonyl (C=O) groups is 2. The Morgan fingerprint density at radius 3 is 2.32 bits per heavy atom. The third-order valence-electron chi connectivity index (χ3n) is 6.81. The van der Waals surface area contributed by atoms with Gasteiger partial charge in [-0.15, -0.1) is 0 Å². The molecule has 208 valence electrons. The molecule has 5 aromatic rings. The molecule has 10 nitrogen and oxygen atoms in total.